The summed E-state index contributed by atoms with van der Waals surface area (Å²) in [5.41, 5.74) is 1.29. The lowest BCUT2D eigenvalue weighted by Crippen LogP contribution is -2.48. The van der Waals surface area contributed by atoms with Crippen LogP contribution in [0, 0.1) is 5.92 Å². The lowest BCUT2D eigenvalue weighted by Gasteiger charge is -2.27. The molecule has 1 aliphatic heterocycles. The third-order valence-corrected chi connectivity index (χ3v) is 3.83. The summed E-state index contributed by atoms with van der Waals surface area (Å²) in [4.78, 5) is 16.7. The van der Waals surface area contributed by atoms with Gasteiger partial charge >= 0.3 is 0 Å². The predicted octanol–water partition coefficient (Wildman–Crippen LogP) is 1.78. The van der Waals surface area contributed by atoms with E-state index in [9.17, 15) is 4.79 Å². The van der Waals surface area contributed by atoms with Crippen molar-refractivity contribution in [2.24, 2.45) is 5.92 Å². The van der Waals surface area contributed by atoms with Gasteiger partial charge in [-0.2, -0.15) is 0 Å². The van der Waals surface area contributed by atoms with E-state index in [1.807, 2.05) is 24.3 Å². The number of rotatable bonds is 6. The molecule has 2 heterocycles. The molecule has 0 bridgehead atoms. The van der Waals surface area contributed by atoms with Crippen molar-refractivity contribution in [3.05, 3.63) is 48.2 Å². The highest BCUT2D eigenvalue weighted by atomic mass is 16.5. The van der Waals surface area contributed by atoms with Crippen LogP contribution in [0.15, 0.2) is 42.6 Å². The van der Waals surface area contributed by atoms with Crippen LogP contribution in [-0.4, -0.2) is 37.6 Å². The molecule has 1 saturated heterocycles. The van der Waals surface area contributed by atoms with Crippen LogP contribution in [0.3, 0.4) is 0 Å². The van der Waals surface area contributed by atoms with E-state index < -0.39 is 0 Å². The smallest absolute Gasteiger partial charge is 0.255 e. The van der Waals surface area contributed by atoms with Crippen molar-refractivity contribution in [1.82, 2.24) is 15.6 Å². The van der Waals surface area contributed by atoms with Gasteiger partial charge in [-0.15, -0.1) is 0 Å². The second-order valence-electron chi connectivity index (χ2n) is 5.46. The fourth-order valence-electron chi connectivity index (χ4n) is 2.39. The first kappa shape index (κ1) is 15.3. The summed E-state index contributed by atoms with van der Waals surface area (Å²) in [5.74, 6) is 1.61. The molecule has 0 spiro atoms. The normalized spacial score (nSPS) is 14.0. The molecule has 23 heavy (non-hydrogen) atoms. The van der Waals surface area contributed by atoms with Gasteiger partial charge in [0, 0.05) is 31.7 Å². The Morgan fingerprint density at radius 3 is 2.87 bits per heavy atom. The molecule has 2 aromatic rings. The van der Waals surface area contributed by atoms with E-state index >= 15 is 0 Å². The van der Waals surface area contributed by atoms with Gasteiger partial charge < -0.3 is 20.7 Å². The van der Waals surface area contributed by atoms with Gasteiger partial charge in [0.15, 0.2) is 0 Å². The summed E-state index contributed by atoms with van der Waals surface area (Å²) >= 11 is 0. The number of hydrogen-bond donors (Lipinski definition) is 3. The third-order valence-electron chi connectivity index (χ3n) is 3.83. The minimum Gasteiger partial charge on any atom is -0.495 e. The number of hydrogen-bond acceptors (Lipinski definition) is 5. The van der Waals surface area contributed by atoms with Gasteiger partial charge in [-0.1, -0.05) is 12.1 Å². The number of aromatic nitrogens is 1. The molecular formula is C17H20N4O2. The number of ether oxygens (including phenoxy) is 1. The lowest BCUT2D eigenvalue weighted by atomic mass is 10.0. The Morgan fingerprint density at radius 2 is 2.13 bits per heavy atom. The first-order valence-electron chi connectivity index (χ1n) is 7.62. The number of para-hydroxylation sites is 2. The predicted molar refractivity (Wildman–Crippen MR) is 89.2 cm³/mol. The van der Waals surface area contributed by atoms with Crippen molar-refractivity contribution >= 4 is 17.4 Å². The number of anilines is 2. The summed E-state index contributed by atoms with van der Waals surface area (Å²) in [6.07, 6.45) is 1.66. The van der Waals surface area contributed by atoms with Crippen LogP contribution in [0.25, 0.3) is 0 Å². The van der Waals surface area contributed by atoms with E-state index in [0.717, 1.165) is 18.8 Å². The van der Waals surface area contributed by atoms with Gasteiger partial charge in [-0.05, 0) is 24.3 Å². The minimum absolute atomic E-state index is 0.123. The van der Waals surface area contributed by atoms with E-state index in [1.54, 1.807) is 25.4 Å². The zero-order chi connectivity index (χ0) is 16.1. The molecule has 1 aliphatic rings. The zero-order valence-corrected chi connectivity index (χ0v) is 13.0. The second-order valence-corrected chi connectivity index (χ2v) is 5.46. The number of nitrogens with one attached hydrogen (secondary N) is 3. The standard InChI is InChI=1S/C17H20N4O2/c1-23-15-7-3-2-6-14(15)21-16-13(5-4-8-19-16)17(22)20-11-12-9-18-10-12/h2-8,12,18H,9-11H2,1H3,(H,19,21)(H,20,22). The van der Waals surface area contributed by atoms with Gasteiger partial charge in [-0.25, -0.2) is 4.98 Å². The summed E-state index contributed by atoms with van der Waals surface area (Å²) in [5, 5.41) is 9.34. The number of methoxy groups -OCH3 is 1. The molecule has 1 amide bonds. The van der Waals surface area contributed by atoms with Crippen molar-refractivity contribution in [3.63, 3.8) is 0 Å². The second kappa shape index (κ2) is 7.11. The van der Waals surface area contributed by atoms with Gasteiger partial charge in [0.25, 0.3) is 5.91 Å². The number of carbonyl (C=O) groups excluding carboxylic acids is 1. The summed E-state index contributed by atoms with van der Waals surface area (Å²) in [7, 11) is 1.61. The summed E-state index contributed by atoms with van der Waals surface area (Å²) < 4.78 is 5.32. The van der Waals surface area contributed by atoms with Crippen LogP contribution in [-0.2, 0) is 0 Å². The molecule has 0 aliphatic carbocycles. The Kier molecular flexibility index (Phi) is 4.73. The highest BCUT2D eigenvalue weighted by molar-refractivity contribution is 5.99. The molecule has 1 aromatic heterocycles. The fourth-order valence-corrected chi connectivity index (χ4v) is 2.39. The maximum atomic E-state index is 12.4. The van der Waals surface area contributed by atoms with E-state index in [0.29, 0.717) is 29.6 Å². The summed E-state index contributed by atoms with van der Waals surface area (Å²) in [6, 6.07) is 11.1. The summed E-state index contributed by atoms with van der Waals surface area (Å²) in [6.45, 7) is 2.59. The molecule has 3 N–H and O–H groups in total. The number of pyridine rings is 1. The topological polar surface area (TPSA) is 75.3 Å². The maximum Gasteiger partial charge on any atom is 0.255 e. The van der Waals surface area contributed by atoms with Gasteiger partial charge in [0.05, 0.1) is 18.4 Å². The van der Waals surface area contributed by atoms with Crippen molar-refractivity contribution in [2.75, 3.05) is 32.1 Å². The van der Waals surface area contributed by atoms with E-state index in [1.165, 1.54) is 0 Å². The third kappa shape index (κ3) is 3.60. The van der Waals surface area contributed by atoms with Gasteiger partial charge in [0.2, 0.25) is 0 Å². The molecule has 0 saturated carbocycles. The molecular weight excluding hydrogens is 292 g/mol. The van der Waals surface area contributed by atoms with Crippen LogP contribution >= 0.6 is 0 Å². The molecule has 120 valence electrons. The first-order chi connectivity index (χ1) is 11.3. The Labute approximate surface area is 135 Å². The average Bonchev–Trinajstić information content (AvgIpc) is 2.54. The molecule has 1 aromatic carbocycles. The van der Waals surface area contributed by atoms with Crippen molar-refractivity contribution in [1.29, 1.82) is 0 Å². The number of benzene rings is 1. The molecule has 0 radical (unpaired) electrons. The van der Waals surface area contributed by atoms with Crippen LogP contribution in [0.5, 0.6) is 5.75 Å². The quantitative estimate of drug-likeness (QED) is 0.758. The van der Waals surface area contributed by atoms with E-state index in [-0.39, 0.29) is 5.91 Å². The van der Waals surface area contributed by atoms with Crippen LogP contribution in [0.1, 0.15) is 10.4 Å². The van der Waals surface area contributed by atoms with Crippen molar-refractivity contribution in [3.8, 4) is 5.75 Å². The molecule has 6 nitrogen and oxygen atoms in total. The lowest BCUT2D eigenvalue weighted by molar-refractivity contribution is 0.0943. The fraction of sp³-hybridized carbons (Fsp3) is 0.294. The van der Waals surface area contributed by atoms with Crippen LogP contribution in [0.4, 0.5) is 11.5 Å². The Hall–Kier alpha value is -2.60. The Balaban J connectivity index is 1.75. The van der Waals surface area contributed by atoms with Gasteiger partial charge in [0.1, 0.15) is 11.6 Å². The number of amides is 1. The zero-order valence-electron chi connectivity index (χ0n) is 13.0. The largest absolute Gasteiger partial charge is 0.495 e. The molecule has 6 heteroatoms. The molecule has 0 atom stereocenters. The molecule has 3 rings (SSSR count). The van der Waals surface area contributed by atoms with Crippen molar-refractivity contribution in [2.45, 2.75) is 0 Å². The average molecular weight is 312 g/mol. The maximum absolute atomic E-state index is 12.4. The molecule has 0 unspecified atom stereocenters. The molecule has 1 fully saturated rings. The first-order valence-corrected chi connectivity index (χ1v) is 7.62. The minimum atomic E-state index is -0.123. The number of nitrogens with zero attached hydrogens (tertiary/aromatic N) is 1. The van der Waals surface area contributed by atoms with Crippen LogP contribution in [0.2, 0.25) is 0 Å². The van der Waals surface area contributed by atoms with Crippen LogP contribution < -0.4 is 20.7 Å². The SMILES string of the molecule is COc1ccccc1Nc1ncccc1C(=O)NCC1CNC1. The number of carbonyl (C=O) groups is 1. The highest BCUT2D eigenvalue weighted by Gasteiger charge is 2.19. The Bertz CT molecular complexity index is 686. The monoisotopic (exact) mass is 312 g/mol. The highest BCUT2D eigenvalue weighted by Crippen LogP contribution is 2.27. The Morgan fingerprint density at radius 1 is 1.30 bits per heavy atom. The van der Waals surface area contributed by atoms with Crippen molar-refractivity contribution < 1.29 is 9.53 Å². The van der Waals surface area contributed by atoms with Gasteiger partial charge in [-0.3, -0.25) is 4.79 Å². The van der Waals surface area contributed by atoms with E-state index in [2.05, 4.69) is 20.9 Å². The van der Waals surface area contributed by atoms with E-state index in [4.69, 9.17) is 4.74 Å².